The summed E-state index contributed by atoms with van der Waals surface area (Å²) in [6, 6.07) is 10.7. The molecule has 1 fully saturated rings. The number of carbonyl (C=O) groups is 1. The van der Waals surface area contributed by atoms with Gasteiger partial charge in [-0.2, -0.15) is 0 Å². The molecule has 1 aromatic rings. The van der Waals surface area contributed by atoms with Crippen molar-refractivity contribution >= 4 is 5.91 Å². The number of nitrogens with one attached hydrogen (secondary N) is 2. The standard InChI is InChI=1S/C14H20N2O/c1-14(2,11-6-4-3-5-7-11)15-10-12-8-9-13(17)16-12/h3-7,12,15H,8-10H2,1-2H3,(H,16,17). The Kier molecular flexibility index (Phi) is 3.48. The van der Waals surface area contributed by atoms with E-state index in [-0.39, 0.29) is 17.5 Å². The highest BCUT2D eigenvalue weighted by Crippen LogP contribution is 2.19. The minimum Gasteiger partial charge on any atom is -0.352 e. The molecule has 1 heterocycles. The smallest absolute Gasteiger partial charge is 0.220 e. The van der Waals surface area contributed by atoms with E-state index in [1.165, 1.54) is 5.56 Å². The Morgan fingerprint density at radius 3 is 2.65 bits per heavy atom. The average molecular weight is 232 g/mol. The number of amides is 1. The van der Waals surface area contributed by atoms with Gasteiger partial charge < -0.3 is 10.6 Å². The predicted molar refractivity (Wildman–Crippen MR) is 68.6 cm³/mol. The molecule has 1 saturated heterocycles. The number of hydrogen-bond acceptors (Lipinski definition) is 2. The Morgan fingerprint density at radius 2 is 2.06 bits per heavy atom. The van der Waals surface area contributed by atoms with Crippen molar-refractivity contribution in [1.29, 1.82) is 0 Å². The number of hydrogen-bond donors (Lipinski definition) is 2. The Morgan fingerprint density at radius 1 is 1.35 bits per heavy atom. The summed E-state index contributed by atoms with van der Waals surface area (Å²) >= 11 is 0. The summed E-state index contributed by atoms with van der Waals surface area (Å²) in [5, 5.41) is 6.50. The lowest BCUT2D eigenvalue weighted by molar-refractivity contribution is -0.119. The van der Waals surface area contributed by atoms with E-state index in [4.69, 9.17) is 0 Å². The third kappa shape index (κ3) is 3.07. The van der Waals surface area contributed by atoms with Gasteiger partial charge in [0.1, 0.15) is 0 Å². The fourth-order valence-corrected chi connectivity index (χ4v) is 2.17. The molecular weight excluding hydrogens is 212 g/mol. The van der Waals surface area contributed by atoms with Gasteiger partial charge in [-0.3, -0.25) is 4.79 Å². The lowest BCUT2D eigenvalue weighted by Gasteiger charge is -2.28. The normalized spacial score (nSPS) is 20.4. The van der Waals surface area contributed by atoms with Crippen LogP contribution in [0.5, 0.6) is 0 Å². The van der Waals surface area contributed by atoms with Gasteiger partial charge in [0.2, 0.25) is 5.91 Å². The summed E-state index contributed by atoms with van der Waals surface area (Å²) < 4.78 is 0. The van der Waals surface area contributed by atoms with Gasteiger partial charge in [-0.1, -0.05) is 30.3 Å². The molecule has 3 heteroatoms. The van der Waals surface area contributed by atoms with E-state index in [2.05, 4.69) is 48.7 Å². The van der Waals surface area contributed by atoms with E-state index < -0.39 is 0 Å². The molecule has 1 aliphatic rings. The van der Waals surface area contributed by atoms with Crippen LogP contribution in [0.4, 0.5) is 0 Å². The zero-order chi connectivity index (χ0) is 12.3. The maximum absolute atomic E-state index is 11.1. The average Bonchev–Trinajstić information content (AvgIpc) is 2.74. The molecular formula is C14H20N2O. The highest BCUT2D eigenvalue weighted by Gasteiger charge is 2.24. The van der Waals surface area contributed by atoms with Crippen LogP contribution in [0.25, 0.3) is 0 Å². The van der Waals surface area contributed by atoms with Crippen molar-refractivity contribution in [2.45, 2.75) is 38.3 Å². The molecule has 3 nitrogen and oxygen atoms in total. The summed E-state index contributed by atoms with van der Waals surface area (Å²) in [5.41, 5.74) is 1.21. The van der Waals surface area contributed by atoms with Gasteiger partial charge >= 0.3 is 0 Å². The largest absolute Gasteiger partial charge is 0.352 e. The summed E-state index contributed by atoms with van der Waals surface area (Å²) in [6.45, 7) is 5.16. The quantitative estimate of drug-likeness (QED) is 0.831. The van der Waals surface area contributed by atoms with Crippen molar-refractivity contribution in [3.05, 3.63) is 35.9 Å². The second-order valence-electron chi connectivity index (χ2n) is 5.18. The van der Waals surface area contributed by atoms with Gasteiger partial charge in [-0.05, 0) is 25.8 Å². The molecule has 92 valence electrons. The maximum atomic E-state index is 11.1. The van der Waals surface area contributed by atoms with Crippen molar-refractivity contribution in [2.24, 2.45) is 0 Å². The van der Waals surface area contributed by atoms with Crippen LogP contribution < -0.4 is 10.6 Å². The molecule has 1 aromatic carbocycles. The first-order chi connectivity index (χ1) is 8.08. The SMILES string of the molecule is CC(C)(NCC1CCC(=O)N1)c1ccccc1. The first-order valence-corrected chi connectivity index (χ1v) is 6.18. The highest BCUT2D eigenvalue weighted by atomic mass is 16.1. The Hall–Kier alpha value is -1.35. The predicted octanol–water partition coefficient (Wildman–Crippen LogP) is 1.79. The summed E-state index contributed by atoms with van der Waals surface area (Å²) in [7, 11) is 0. The lowest BCUT2D eigenvalue weighted by Crippen LogP contribution is -2.44. The monoisotopic (exact) mass is 232 g/mol. The third-order valence-corrected chi connectivity index (χ3v) is 3.37. The Bertz CT molecular complexity index is 386. The second-order valence-corrected chi connectivity index (χ2v) is 5.18. The molecule has 0 radical (unpaired) electrons. The van der Waals surface area contributed by atoms with E-state index in [1.807, 2.05) is 6.07 Å². The molecule has 0 aromatic heterocycles. The molecule has 2 N–H and O–H groups in total. The zero-order valence-electron chi connectivity index (χ0n) is 10.5. The number of benzene rings is 1. The van der Waals surface area contributed by atoms with Crippen LogP contribution in [0.3, 0.4) is 0 Å². The molecule has 17 heavy (non-hydrogen) atoms. The van der Waals surface area contributed by atoms with Gasteiger partial charge in [-0.15, -0.1) is 0 Å². The summed E-state index contributed by atoms with van der Waals surface area (Å²) in [6.07, 6.45) is 1.61. The van der Waals surface area contributed by atoms with Crippen LogP contribution >= 0.6 is 0 Å². The van der Waals surface area contributed by atoms with Crippen LogP contribution in [-0.2, 0) is 10.3 Å². The first-order valence-electron chi connectivity index (χ1n) is 6.18. The van der Waals surface area contributed by atoms with Crippen molar-refractivity contribution in [2.75, 3.05) is 6.54 Å². The van der Waals surface area contributed by atoms with Gasteiger partial charge in [0.15, 0.2) is 0 Å². The van der Waals surface area contributed by atoms with Crippen LogP contribution in [0.1, 0.15) is 32.3 Å². The fourth-order valence-electron chi connectivity index (χ4n) is 2.17. The molecule has 1 atom stereocenters. The Balaban J connectivity index is 1.91. The van der Waals surface area contributed by atoms with E-state index in [1.54, 1.807) is 0 Å². The lowest BCUT2D eigenvalue weighted by atomic mass is 9.94. The van der Waals surface area contributed by atoms with Crippen molar-refractivity contribution in [3.8, 4) is 0 Å². The number of carbonyl (C=O) groups excluding carboxylic acids is 1. The minimum absolute atomic E-state index is 0.0609. The molecule has 0 bridgehead atoms. The Labute approximate surface area is 103 Å². The number of rotatable bonds is 4. The van der Waals surface area contributed by atoms with Gasteiger partial charge in [0.05, 0.1) is 0 Å². The van der Waals surface area contributed by atoms with Gasteiger partial charge in [0.25, 0.3) is 0 Å². The van der Waals surface area contributed by atoms with Crippen LogP contribution in [0, 0.1) is 0 Å². The van der Waals surface area contributed by atoms with E-state index in [0.29, 0.717) is 6.42 Å². The molecule has 2 rings (SSSR count). The maximum Gasteiger partial charge on any atom is 0.220 e. The van der Waals surface area contributed by atoms with Crippen molar-refractivity contribution < 1.29 is 4.79 Å². The van der Waals surface area contributed by atoms with E-state index in [0.717, 1.165) is 13.0 Å². The van der Waals surface area contributed by atoms with Gasteiger partial charge in [-0.25, -0.2) is 0 Å². The van der Waals surface area contributed by atoms with Crippen molar-refractivity contribution in [1.82, 2.24) is 10.6 Å². The molecule has 0 aliphatic carbocycles. The fraction of sp³-hybridized carbons (Fsp3) is 0.500. The first kappa shape index (κ1) is 12.1. The highest BCUT2D eigenvalue weighted by molar-refractivity contribution is 5.78. The summed E-state index contributed by atoms with van der Waals surface area (Å²) in [4.78, 5) is 11.1. The zero-order valence-corrected chi connectivity index (χ0v) is 10.5. The topological polar surface area (TPSA) is 41.1 Å². The third-order valence-electron chi connectivity index (χ3n) is 3.37. The van der Waals surface area contributed by atoms with Crippen LogP contribution in [0.2, 0.25) is 0 Å². The molecule has 1 amide bonds. The van der Waals surface area contributed by atoms with E-state index in [9.17, 15) is 4.79 Å². The van der Waals surface area contributed by atoms with Crippen molar-refractivity contribution in [3.63, 3.8) is 0 Å². The van der Waals surface area contributed by atoms with Crippen LogP contribution in [0.15, 0.2) is 30.3 Å². The summed E-state index contributed by atoms with van der Waals surface area (Å²) in [5.74, 6) is 0.175. The molecule has 1 aliphatic heterocycles. The molecule has 1 unspecified atom stereocenters. The van der Waals surface area contributed by atoms with E-state index >= 15 is 0 Å². The van der Waals surface area contributed by atoms with Gasteiger partial charge in [0, 0.05) is 24.5 Å². The molecule has 0 spiro atoms. The van der Waals surface area contributed by atoms with Crippen LogP contribution in [-0.4, -0.2) is 18.5 Å². The second kappa shape index (κ2) is 4.88. The minimum atomic E-state index is -0.0609. The molecule has 0 saturated carbocycles.